The van der Waals surface area contributed by atoms with E-state index < -0.39 is 10.0 Å². The van der Waals surface area contributed by atoms with Gasteiger partial charge in [-0.2, -0.15) is 4.98 Å². The van der Waals surface area contributed by atoms with Gasteiger partial charge in [-0.05, 0) is 23.3 Å². The Morgan fingerprint density at radius 3 is 2.54 bits per heavy atom. The topological polar surface area (TPSA) is 76.9 Å². The van der Waals surface area contributed by atoms with E-state index >= 15 is 0 Å². The van der Waals surface area contributed by atoms with E-state index in [1.54, 1.807) is 35.0 Å². The molecule has 0 saturated heterocycles. The highest BCUT2D eigenvalue weighted by atomic mass is 35.5. The van der Waals surface area contributed by atoms with Crippen molar-refractivity contribution in [1.82, 2.24) is 14.8 Å². The van der Waals surface area contributed by atoms with Crippen LogP contribution in [0.4, 0.5) is 5.95 Å². The van der Waals surface area contributed by atoms with Crippen molar-refractivity contribution in [3.8, 4) is 0 Å². The first-order valence-corrected chi connectivity index (χ1v) is 9.21. The van der Waals surface area contributed by atoms with Crippen LogP contribution in [-0.2, 0) is 22.3 Å². The lowest BCUT2D eigenvalue weighted by atomic mass is 10.2. The van der Waals surface area contributed by atoms with Crippen LogP contribution >= 0.6 is 11.6 Å². The molecule has 24 heavy (non-hydrogen) atoms. The van der Waals surface area contributed by atoms with Crippen molar-refractivity contribution in [2.45, 2.75) is 12.3 Å². The molecule has 0 fully saturated rings. The Bertz CT molecular complexity index is 926. The highest BCUT2D eigenvalue weighted by Gasteiger charge is 2.14. The zero-order chi connectivity index (χ0) is 17.0. The summed E-state index contributed by atoms with van der Waals surface area (Å²) in [7, 11) is -3.56. The summed E-state index contributed by atoms with van der Waals surface area (Å²) < 4.78 is 28.3. The minimum Gasteiger partial charge on any atom is -0.250 e. The zero-order valence-corrected chi connectivity index (χ0v) is 14.2. The summed E-state index contributed by atoms with van der Waals surface area (Å²) in [5.41, 5.74) is 1.65. The Morgan fingerprint density at radius 1 is 1.04 bits per heavy atom. The molecule has 0 radical (unpaired) electrons. The van der Waals surface area contributed by atoms with Gasteiger partial charge in [0.2, 0.25) is 10.0 Å². The molecule has 1 aromatic heterocycles. The summed E-state index contributed by atoms with van der Waals surface area (Å²) in [5.74, 6) is -0.0793. The standard InChI is InChI=1S/C16H15ClN4O2S/c17-15-8-4-7-14(9-15)10-21-12-18-16(19-21)20-24(22,23)11-13-5-2-1-3-6-13/h1-9,12H,10-11H2,(H,19,20). The van der Waals surface area contributed by atoms with Gasteiger partial charge in [-0.1, -0.05) is 54.1 Å². The van der Waals surface area contributed by atoms with Crippen molar-refractivity contribution in [2.24, 2.45) is 0 Å². The van der Waals surface area contributed by atoms with Crippen LogP contribution in [0, 0.1) is 0 Å². The van der Waals surface area contributed by atoms with Gasteiger partial charge in [-0.15, -0.1) is 5.10 Å². The molecule has 0 aliphatic rings. The normalized spacial score (nSPS) is 11.4. The second-order valence-electron chi connectivity index (χ2n) is 5.24. The first kappa shape index (κ1) is 16.5. The average Bonchev–Trinajstić information content (AvgIpc) is 2.94. The predicted molar refractivity (Wildman–Crippen MR) is 93.3 cm³/mol. The molecule has 8 heteroatoms. The Labute approximate surface area is 145 Å². The van der Waals surface area contributed by atoms with Gasteiger partial charge in [0.05, 0.1) is 12.3 Å². The SMILES string of the molecule is O=S(=O)(Cc1ccccc1)Nc1ncn(Cc2cccc(Cl)c2)n1. The van der Waals surface area contributed by atoms with E-state index in [2.05, 4.69) is 14.8 Å². The Morgan fingerprint density at radius 2 is 1.79 bits per heavy atom. The molecule has 0 aliphatic heterocycles. The largest absolute Gasteiger partial charge is 0.255 e. The molecule has 0 bridgehead atoms. The predicted octanol–water partition coefficient (Wildman–Crippen LogP) is 2.92. The number of benzene rings is 2. The van der Waals surface area contributed by atoms with Crippen LogP contribution in [-0.4, -0.2) is 23.2 Å². The summed E-state index contributed by atoms with van der Waals surface area (Å²) in [6, 6.07) is 16.3. The second kappa shape index (κ2) is 7.02. The van der Waals surface area contributed by atoms with Gasteiger partial charge < -0.3 is 0 Å². The molecule has 0 saturated carbocycles. The molecule has 0 amide bonds. The zero-order valence-electron chi connectivity index (χ0n) is 12.6. The summed E-state index contributed by atoms with van der Waals surface area (Å²) in [4.78, 5) is 3.99. The molecule has 2 aromatic carbocycles. The van der Waals surface area contributed by atoms with Crippen molar-refractivity contribution in [2.75, 3.05) is 4.72 Å². The summed E-state index contributed by atoms with van der Waals surface area (Å²) in [6.45, 7) is 0.452. The van der Waals surface area contributed by atoms with Crippen LogP contribution in [0.2, 0.25) is 5.02 Å². The molecule has 0 atom stereocenters. The highest BCUT2D eigenvalue weighted by Crippen LogP contribution is 2.13. The maximum absolute atomic E-state index is 12.2. The van der Waals surface area contributed by atoms with Crippen molar-refractivity contribution >= 4 is 27.6 Å². The number of hydrogen-bond donors (Lipinski definition) is 1. The summed E-state index contributed by atoms with van der Waals surface area (Å²) >= 11 is 5.94. The van der Waals surface area contributed by atoms with E-state index in [-0.39, 0.29) is 11.7 Å². The van der Waals surface area contributed by atoms with Crippen LogP contribution in [0.3, 0.4) is 0 Å². The van der Waals surface area contributed by atoms with Crippen LogP contribution in [0.25, 0.3) is 0 Å². The molecule has 1 heterocycles. The molecule has 0 aliphatic carbocycles. The quantitative estimate of drug-likeness (QED) is 0.731. The van der Waals surface area contributed by atoms with Gasteiger partial charge >= 0.3 is 0 Å². The van der Waals surface area contributed by atoms with Gasteiger partial charge in [0, 0.05) is 5.02 Å². The van der Waals surface area contributed by atoms with Crippen LogP contribution in [0.1, 0.15) is 11.1 Å². The van der Waals surface area contributed by atoms with Gasteiger partial charge in [-0.3, -0.25) is 0 Å². The summed E-state index contributed by atoms with van der Waals surface area (Å²) in [5, 5.41) is 4.77. The van der Waals surface area contributed by atoms with E-state index in [9.17, 15) is 8.42 Å². The third kappa shape index (κ3) is 4.56. The molecule has 6 nitrogen and oxygen atoms in total. The third-order valence-electron chi connectivity index (χ3n) is 3.22. The summed E-state index contributed by atoms with van der Waals surface area (Å²) in [6.07, 6.45) is 1.47. The monoisotopic (exact) mass is 362 g/mol. The molecule has 3 rings (SSSR count). The lowest BCUT2D eigenvalue weighted by Crippen LogP contribution is -2.16. The molecular formula is C16H15ClN4O2S. The first-order valence-electron chi connectivity index (χ1n) is 7.18. The lowest BCUT2D eigenvalue weighted by Gasteiger charge is -2.04. The maximum Gasteiger partial charge on any atom is 0.255 e. The minimum atomic E-state index is -3.56. The lowest BCUT2D eigenvalue weighted by molar-refractivity contribution is 0.599. The van der Waals surface area contributed by atoms with E-state index in [4.69, 9.17) is 11.6 Å². The Kier molecular flexibility index (Phi) is 4.82. The van der Waals surface area contributed by atoms with Gasteiger partial charge in [-0.25, -0.2) is 17.8 Å². The van der Waals surface area contributed by atoms with E-state index in [1.807, 2.05) is 24.3 Å². The van der Waals surface area contributed by atoms with Gasteiger partial charge in [0.25, 0.3) is 5.95 Å². The van der Waals surface area contributed by atoms with Crippen LogP contribution in [0.5, 0.6) is 0 Å². The first-order chi connectivity index (χ1) is 11.5. The van der Waals surface area contributed by atoms with Crippen molar-refractivity contribution < 1.29 is 8.42 Å². The Hall–Kier alpha value is -2.38. The fourth-order valence-electron chi connectivity index (χ4n) is 2.21. The molecular weight excluding hydrogens is 348 g/mol. The third-order valence-corrected chi connectivity index (χ3v) is 4.66. The van der Waals surface area contributed by atoms with Crippen molar-refractivity contribution in [3.05, 3.63) is 77.1 Å². The fraction of sp³-hybridized carbons (Fsp3) is 0.125. The van der Waals surface area contributed by atoms with E-state index in [0.717, 1.165) is 5.56 Å². The van der Waals surface area contributed by atoms with Crippen molar-refractivity contribution in [1.29, 1.82) is 0 Å². The van der Waals surface area contributed by atoms with Crippen LogP contribution in [0.15, 0.2) is 60.9 Å². The van der Waals surface area contributed by atoms with E-state index in [0.29, 0.717) is 17.1 Å². The molecule has 124 valence electrons. The van der Waals surface area contributed by atoms with E-state index in [1.165, 1.54) is 6.33 Å². The van der Waals surface area contributed by atoms with Crippen molar-refractivity contribution in [3.63, 3.8) is 0 Å². The smallest absolute Gasteiger partial charge is 0.250 e. The van der Waals surface area contributed by atoms with Gasteiger partial charge in [0.1, 0.15) is 6.33 Å². The number of rotatable bonds is 6. The molecule has 3 aromatic rings. The van der Waals surface area contributed by atoms with Crippen LogP contribution < -0.4 is 4.72 Å². The fourth-order valence-corrected chi connectivity index (χ4v) is 3.50. The molecule has 0 unspecified atom stereocenters. The number of hydrogen-bond acceptors (Lipinski definition) is 4. The number of aromatic nitrogens is 3. The van der Waals surface area contributed by atoms with Gasteiger partial charge in [0.15, 0.2) is 0 Å². The Balaban J connectivity index is 1.67. The number of halogens is 1. The number of nitrogens with one attached hydrogen (secondary N) is 1. The number of nitrogens with zero attached hydrogens (tertiary/aromatic N) is 3. The molecule has 0 spiro atoms. The maximum atomic E-state index is 12.2. The highest BCUT2D eigenvalue weighted by molar-refractivity contribution is 7.91. The number of sulfonamides is 1. The second-order valence-corrected chi connectivity index (χ2v) is 7.40. The average molecular weight is 363 g/mol. The number of anilines is 1. The molecule has 1 N–H and O–H groups in total. The minimum absolute atomic E-state index is 0.0490.